The molecule has 2 heterocycles. The van der Waals surface area contributed by atoms with Crippen LogP contribution in [0.1, 0.15) is 24.2 Å². The molecule has 25 heavy (non-hydrogen) atoms. The van der Waals surface area contributed by atoms with E-state index in [1.54, 1.807) is 11.8 Å². The number of ether oxygens (including phenoxy) is 1. The van der Waals surface area contributed by atoms with Gasteiger partial charge in [-0.1, -0.05) is 18.2 Å². The van der Waals surface area contributed by atoms with Crippen LogP contribution in [0.25, 0.3) is 0 Å². The molecule has 0 unspecified atom stereocenters. The molecule has 1 fully saturated rings. The summed E-state index contributed by atoms with van der Waals surface area (Å²) in [6, 6.07) is 12.5. The van der Waals surface area contributed by atoms with E-state index in [0.29, 0.717) is 19.0 Å². The quantitative estimate of drug-likeness (QED) is 0.743. The molecular formula is C19H23N3O2S. The Morgan fingerprint density at radius 3 is 2.68 bits per heavy atom. The molecule has 1 amide bonds. The van der Waals surface area contributed by atoms with Gasteiger partial charge >= 0.3 is 6.01 Å². The topological polar surface area (TPSA) is 55.3 Å². The minimum Gasteiger partial charge on any atom is -0.458 e. The zero-order valence-corrected chi connectivity index (χ0v) is 15.5. The van der Waals surface area contributed by atoms with Gasteiger partial charge in [-0.2, -0.15) is 0 Å². The summed E-state index contributed by atoms with van der Waals surface area (Å²) in [7, 11) is 0. The molecule has 1 aromatic carbocycles. The molecule has 0 aliphatic carbocycles. The third-order valence-electron chi connectivity index (χ3n) is 4.06. The van der Waals surface area contributed by atoms with Crippen molar-refractivity contribution in [2.45, 2.75) is 37.7 Å². The molecule has 1 aromatic heterocycles. The average Bonchev–Trinajstić information content (AvgIpc) is 3.03. The number of aromatic nitrogens is 2. The fourth-order valence-electron chi connectivity index (χ4n) is 2.88. The molecule has 132 valence electrons. The average molecular weight is 357 g/mol. The lowest BCUT2D eigenvalue weighted by molar-refractivity contribution is -0.129. The molecule has 0 spiro atoms. The number of nitrogens with zero attached hydrogens (tertiary/aromatic N) is 3. The summed E-state index contributed by atoms with van der Waals surface area (Å²) in [5.74, 6) is 0.987. The van der Waals surface area contributed by atoms with E-state index in [-0.39, 0.29) is 12.0 Å². The first-order chi connectivity index (χ1) is 12.1. The van der Waals surface area contributed by atoms with Crippen LogP contribution in [0.3, 0.4) is 0 Å². The zero-order valence-electron chi connectivity index (χ0n) is 14.6. The van der Waals surface area contributed by atoms with Crippen LogP contribution in [0.4, 0.5) is 0 Å². The summed E-state index contributed by atoms with van der Waals surface area (Å²) < 4.78 is 5.87. The maximum absolute atomic E-state index is 12.4. The van der Waals surface area contributed by atoms with Crippen molar-refractivity contribution >= 4 is 17.7 Å². The normalized spacial score (nSPS) is 16.9. The van der Waals surface area contributed by atoms with Gasteiger partial charge in [0.15, 0.2) is 0 Å². The first kappa shape index (κ1) is 17.7. The zero-order chi connectivity index (χ0) is 17.6. The number of aryl methyl sites for hydroxylation is 2. The van der Waals surface area contributed by atoms with E-state index in [4.69, 9.17) is 4.74 Å². The largest absolute Gasteiger partial charge is 0.458 e. The van der Waals surface area contributed by atoms with Gasteiger partial charge in [0.2, 0.25) is 5.91 Å². The van der Waals surface area contributed by atoms with Gasteiger partial charge in [0.25, 0.3) is 0 Å². The van der Waals surface area contributed by atoms with Gasteiger partial charge in [-0.25, -0.2) is 9.97 Å². The molecule has 0 bridgehead atoms. The molecule has 1 aliphatic heterocycles. The van der Waals surface area contributed by atoms with E-state index < -0.39 is 0 Å². The maximum Gasteiger partial charge on any atom is 0.317 e. The minimum atomic E-state index is -0.0214. The maximum atomic E-state index is 12.4. The van der Waals surface area contributed by atoms with Crippen molar-refractivity contribution in [1.29, 1.82) is 0 Å². The predicted octanol–water partition coefficient (Wildman–Crippen LogP) is 3.26. The number of benzene rings is 1. The Hall–Kier alpha value is -2.08. The monoisotopic (exact) mass is 357 g/mol. The summed E-state index contributed by atoms with van der Waals surface area (Å²) in [5.41, 5.74) is 1.79. The van der Waals surface area contributed by atoms with Crippen LogP contribution >= 0.6 is 11.8 Å². The van der Waals surface area contributed by atoms with Gasteiger partial charge in [-0.3, -0.25) is 4.79 Å². The number of thioether (sulfide) groups is 1. The van der Waals surface area contributed by atoms with Gasteiger partial charge in [0.05, 0.1) is 6.54 Å². The lowest BCUT2D eigenvalue weighted by Crippen LogP contribution is -2.31. The second kappa shape index (κ2) is 8.34. The number of carbonyl (C=O) groups excluding carboxylic acids is 1. The summed E-state index contributed by atoms with van der Waals surface area (Å²) in [6.45, 7) is 5.21. The fraction of sp³-hybridized carbons (Fsp3) is 0.421. The molecule has 2 aromatic rings. The van der Waals surface area contributed by atoms with E-state index in [1.165, 1.54) is 4.90 Å². The number of amides is 1. The number of hydrogen-bond acceptors (Lipinski definition) is 5. The molecule has 1 atom stereocenters. The van der Waals surface area contributed by atoms with Crippen molar-refractivity contribution in [3.8, 4) is 6.01 Å². The van der Waals surface area contributed by atoms with Crippen LogP contribution in [-0.2, 0) is 4.79 Å². The second-order valence-corrected chi connectivity index (χ2v) is 7.38. The minimum absolute atomic E-state index is 0.0214. The third-order valence-corrected chi connectivity index (χ3v) is 5.07. The van der Waals surface area contributed by atoms with Gasteiger partial charge in [0, 0.05) is 41.4 Å². The highest BCUT2D eigenvalue weighted by molar-refractivity contribution is 7.99. The standard InChI is InChI=1S/C19H23N3O2S/c1-14-12-15(2)21-19(20-14)24-16-8-10-22(13-16)18(23)9-11-25-17-6-4-3-5-7-17/h3-7,12,16H,8-11,13H2,1-2H3/t16-/m0/s1. The summed E-state index contributed by atoms with van der Waals surface area (Å²) >= 11 is 1.72. The van der Waals surface area contributed by atoms with Crippen LogP contribution in [0.2, 0.25) is 0 Å². The fourth-order valence-corrected chi connectivity index (χ4v) is 3.74. The lowest BCUT2D eigenvalue weighted by Gasteiger charge is -2.17. The van der Waals surface area contributed by atoms with Crippen molar-refractivity contribution in [3.63, 3.8) is 0 Å². The van der Waals surface area contributed by atoms with Crippen molar-refractivity contribution in [3.05, 3.63) is 47.8 Å². The predicted molar refractivity (Wildman–Crippen MR) is 98.9 cm³/mol. The Morgan fingerprint density at radius 1 is 1.24 bits per heavy atom. The molecule has 0 radical (unpaired) electrons. The van der Waals surface area contributed by atoms with Crippen LogP contribution in [-0.4, -0.2) is 45.7 Å². The van der Waals surface area contributed by atoms with Gasteiger partial charge in [-0.15, -0.1) is 11.8 Å². The highest BCUT2D eigenvalue weighted by Crippen LogP contribution is 2.20. The molecular weight excluding hydrogens is 334 g/mol. The molecule has 5 nitrogen and oxygen atoms in total. The van der Waals surface area contributed by atoms with Gasteiger partial charge < -0.3 is 9.64 Å². The Labute approximate surface area is 152 Å². The number of carbonyl (C=O) groups is 1. The molecule has 0 saturated carbocycles. The Balaban J connectivity index is 1.44. The summed E-state index contributed by atoms with van der Waals surface area (Å²) in [5, 5.41) is 0. The highest BCUT2D eigenvalue weighted by Gasteiger charge is 2.28. The van der Waals surface area contributed by atoms with Crippen molar-refractivity contribution in [2.24, 2.45) is 0 Å². The van der Waals surface area contributed by atoms with Crippen LogP contribution in [0, 0.1) is 13.8 Å². The van der Waals surface area contributed by atoms with Gasteiger partial charge in [0.1, 0.15) is 6.10 Å². The van der Waals surface area contributed by atoms with Gasteiger partial charge in [-0.05, 0) is 32.0 Å². The number of hydrogen-bond donors (Lipinski definition) is 0. The molecule has 1 aliphatic rings. The van der Waals surface area contributed by atoms with Crippen LogP contribution in [0.15, 0.2) is 41.3 Å². The number of likely N-dealkylation sites (tertiary alicyclic amines) is 1. The summed E-state index contributed by atoms with van der Waals surface area (Å²) in [6.07, 6.45) is 1.35. The van der Waals surface area contributed by atoms with Crippen LogP contribution < -0.4 is 4.74 Å². The molecule has 3 rings (SSSR count). The first-order valence-electron chi connectivity index (χ1n) is 8.55. The van der Waals surface area contributed by atoms with Crippen molar-refractivity contribution < 1.29 is 9.53 Å². The van der Waals surface area contributed by atoms with E-state index >= 15 is 0 Å². The Bertz CT molecular complexity index is 704. The Morgan fingerprint density at radius 2 is 1.96 bits per heavy atom. The molecule has 0 N–H and O–H groups in total. The van der Waals surface area contributed by atoms with Crippen LogP contribution in [0.5, 0.6) is 6.01 Å². The van der Waals surface area contributed by atoms with E-state index in [1.807, 2.05) is 43.0 Å². The number of rotatable bonds is 6. The third kappa shape index (κ3) is 5.19. The van der Waals surface area contributed by atoms with E-state index in [0.717, 1.165) is 30.1 Å². The van der Waals surface area contributed by atoms with E-state index in [2.05, 4.69) is 22.1 Å². The summed E-state index contributed by atoms with van der Waals surface area (Å²) in [4.78, 5) is 24.1. The van der Waals surface area contributed by atoms with E-state index in [9.17, 15) is 4.79 Å². The van der Waals surface area contributed by atoms with Crippen molar-refractivity contribution in [1.82, 2.24) is 14.9 Å². The SMILES string of the molecule is Cc1cc(C)nc(O[C@H]2CCN(C(=O)CCSc3ccccc3)C2)n1. The lowest BCUT2D eigenvalue weighted by atomic mass is 10.3. The first-order valence-corrected chi connectivity index (χ1v) is 9.53. The molecule has 6 heteroatoms. The highest BCUT2D eigenvalue weighted by atomic mass is 32.2. The second-order valence-electron chi connectivity index (χ2n) is 6.21. The smallest absolute Gasteiger partial charge is 0.317 e. The molecule has 1 saturated heterocycles. The Kier molecular flexibility index (Phi) is 5.91. The van der Waals surface area contributed by atoms with Crippen molar-refractivity contribution in [2.75, 3.05) is 18.8 Å².